The van der Waals surface area contributed by atoms with Gasteiger partial charge in [-0.15, -0.1) is 5.10 Å². The molecule has 0 fully saturated rings. The van der Waals surface area contributed by atoms with E-state index in [9.17, 15) is 8.42 Å². The SMILES string of the molecule is CCCCn1nnnc1CS(=O)(=O)Cc1ccc(Cl)cc1. The lowest BCUT2D eigenvalue weighted by molar-refractivity contribution is 0.535. The third-order valence-corrected chi connectivity index (χ3v) is 4.70. The van der Waals surface area contributed by atoms with Crippen molar-refractivity contribution < 1.29 is 8.42 Å². The molecule has 0 saturated carbocycles. The molecule has 0 aliphatic carbocycles. The van der Waals surface area contributed by atoms with E-state index in [2.05, 4.69) is 22.4 Å². The van der Waals surface area contributed by atoms with E-state index < -0.39 is 9.84 Å². The number of benzene rings is 1. The normalized spacial score (nSPS) is 11.7. The molecule has 0 N–H and O–H groups in total. The first-order chi connectivity index (χ1) is 10.00. The lowest BCUT2D eigenvalue weighted by Crippen LogP contribution is -2.13. The van der Waals surface area contributed by atoms with Crippen molar-refractivity contribution in [3.05, 3.63) is 40.7 Å². The van der Waals surface area contributed by atoms with Gasteiger partial charge in [-0.1, -0.05) is 37.1 Å². The molecule has 8 heteroatoms. The molecule has 0 bridgehead atoms. The van der Waals surface area contributed by atoms with Gasteiger partial charge in [0.2, 0.25) is 0 Å². The second-order valence-electron chi connectivity index (χ2n) is 4.83. The minimum Gasteiger partial charge on any atom is -0.229 e. The Labute approximate surface area is 129 Å². The molecule has 114 valence electrons. The largest absolute Gasteiger partial charge is 0.229 e. The number of sulfone groups is 1. The highest BCUT2D eigenvalue weighted by atomic mass is 35.5. The average Bonchev–Trinajstić information content (AvgIpc) is 2.85. The molecule has 1 heterocycles. The third kappa shape index (κ3) is 4.78. The fourth-order valence-electron chi connectivity index (χ4n) is 1.89. The fourth-order valence-corrected chi connectivity index (χ4v) is 3.42. The maximum atomic E-state index is 12.2. The van der Waals surface area contributed by atoms with E-state index in [1.807, 2.05) is 0 Å². The Hall–Kier alpha value is -1.47. The fraction of sp³-hybridized carbons (Fsp3) is 0.462. The molecule has 2 aromatic rings. The number of unbranched alkanes of at least 4 members (excludes halogenated alkanes) is 1. The van der Waals surface area contributed by atoms with Crippen LogP contribution in [-0.4, -0.2) is 28.6 Å². The van der Waals surface area contributed by atoms with E-state index in [1.54, 1.807) is 28.9 Å². The van der Waals surface area contributed by atoms with E-state index in [0.29, 0.717) is 23.0 Å². The van der Waals surface area contributed by atoms with Crippen molar-refractivity contribution in [1.82, 2.24) is 20.2 Å². The number of hydrogen-bond acceptors (Lipinski definition) is 5. The smallest absolute Gasteiger partial charge is 0.166 e. The molecule has 0 radical (unpaired) electrons. The predicted molar refractivity (Wildman–Crippen MR) is 80.5 cm³/mol. The van der Waals surface area contributed by atoms with Crippen LogP contribution in [-0.2, 0) is 27.9 Å². The van der Waals surface area contributed by atoms with Gasteiger partial charge in [0.05, 0.1) is 5.75 Å². The lowest BCUT2D eigenvalue weighted by atomic mass is 10.2. The zero-order valence-corrected chi connectivity index (χ0v) is 13.3. The summed E-state index contributed by atoms with van der Waals surface area (Å²) < 4.78 is 26.0. The zero-order chi connectivity index (χ0) is 15.3. The van der Waals surface area contributed by atoms with Crippen molar-refractivity contribution in [1.29, 1.82) is 0 Å². The number of nitrogens with zero attached hydrogens (tertiary/aromatic N) is 4. The van der Waals surface area contributed by atoms with Gasteiger partial charge >= 0.3 is 0 Å². The topological polar surface area (TPSA) is 77.7 Å². The van der Waals surface area contributed by atoms with Crippen molar-refractivity contribution in [2.45, 2.75) is 37.8 Å². The summed E-state index contributed by atoms with van der Waals surface area (Å²) in [6.07, 6.45) is 1.91. The van der Waals surface area contributed by atoms with Gasteiger partial charge in [-0.25, -0.2) is 13.1 Å². The molecule has 6 nitrogen and oxygen atoms in total. The minimum atomic E-state index is -3.32. The molecule has 21 heavy (non-hydrogen) atoms. The van der Waals surface area contributed by atoms with Crippen LogP contribution in [0.1, 0.15) is 31.2 Å². The van der Waals surface area contributed by atoms with Gasteiger partial charge in [0.1, 0.15) is 5.75 Å². The van der Waals surface area contributed by atoms with Crippen LogP contribution in [0.4, 0.5) is 0 Å². The Balaban J connectivity index is 2.07. The molecule has 2 rings (SSSR count). The molecule has 0 unspecified atom stereocenters. The zero-order valence-electron chi connectivity index (χ0n) is 11.7. The van der Waals surface area contributed by atoms with Crippen molar-refractivity contribution in [3.8, 4) is 0 Å². The molecule has 1 aromatic carbocycles. The molecule has 0 atom stereocenters. The Bertz CT molecular complexity index is 682. The summed E-state index contributed by atoms with van der Waals surface area (Å²) in [7, 11) is -3.32. The van der Waals surface area contributed by atoms with Crippen LogP contribution in [0.5, 0.6) is 0 Å². The Morgan fingerprint density at radius 1 is 1.19 bits per heavy atom. The summed E-state index contributed by atoms with van der Waals surface area (Å²) in [5.41, 5.74) is 0.701. The first-order valence-electron chi connectivity index (χ1n) is 6.70. The van der Waals surface area contributed by atoms with E-state index in [-0.39, 0.29) is 11.5 Å². The van der Waals surface area contributed by atoms with Crippen LogP contribution >= 0.6 is 11.6 Å². The number of aryl methyl sites for hydroxylation is 1. The predicted octanol–water partition coefficient (Wildman–Crippen LogP) is 2.24. The van der Waals surface area contributed by atoms with Gasteiger partial charge in [-0.05, 0) is 34.5 Å². The Kier molecular flexibility index (Phi) is 5.30. The van der Waals surface area contributed by atoms with Crippen LogP contribution < -0.4 is 0 Å². The lowest BCUT2D eigenvalue weighted by Gasteiger charge is -2.06. The second kappa shape index (κ2) is 7.00. The standard InChI is InChI=1S/C13H17ClN4O2S/c1-2-3-8-18-13(15-16-17-18)10-21(19,20)9-11-4-6-12(14)7-5-11/h4-7H,2-3,8-10H2,1H3. The Morgan fingerprint density at radius 2 is 1.90 bits per heavy atom. The van der Waals surface area contributed by atoms with Crippen LogP contribution in [0.25, 0.3) is 0 Å². The Morgan fingerprint density at radius 3 is 2.57 bits per heavy atom. The summed E-state index contributed by atoms with van der Waals surface area (Å²) in [5.74, 6) is 0.175. The quantitative estimate of drug-likeness (QED) is 0.779. The summed E-state index contributed by atoms with van der Waals surface area (Å²) in [4.78, 5) is 0. The van der Waals surface area contributed by atoms with Crippen molar-refractivity contribution >= 4 is 21.4 Å². The molecular formula is C13H17ClN4O2S. The molecule has 0 amide bonds. The van der Waals surface area contributed by atoms with Gasteiger partial charge in [-0.2, -0.15) is 0 Å². The summed E-state index contributed by atoms with van der Waals surface area (Å²) in [5, 5.41) is 11.8. The highest BCUT2D eigenvalue weighted by Crippen LogP contribution is 2.14. The van der Waals surface area contributed by atoms with E-state index in [4.69, 9.17) is 11.6 Å². The molecule has 0 spiro atoms. The van der Waals surface area contributed by atoms with Gasteiger partial charge in [-0.3, -0.25) is 0 Å². The first kappa shape index (κ1) is 15.9. The number of tetrazole rings is 1. The van der Waals surface area contributed by atoms with E-state index in [0.717, 1.165) is 12.8 Å². The summed E-state index contributed by atoms with van der Waals surface area (Å²) in [6, 6.07) is 6.77. The van der Waals surface area contributed by atoms with Gasteiger partial charge in [0.25, 0.3) is 0 Å². The number of aromatic nitrogens is 4. The van der Waals surface area contributed by atoms with Crippen molar-refractivity contribution in [2.75, 3.05) is 0 Å². The molecule has 1 aromatic heterocycles. The second-order valence-corrected chi connectivity index (χ2v) is 7.33. The van der Waals surface area contributed by atoms with Gasteiger partial charge in [0.15, 0.2) is 15.7 Å². The summed E-state index contributed by atoms with van der Waals surface area (Å²) >= 11 is 5.79. The van der Waals surface area contributed by atoms with E-state index >= 15 is 0 Å². The van der Waals surface area contributed by atoms with Gasteiger partial charge in [0, 0.05) is 11.6 Å². The van der Waals surface area contributed by atoms with Crippen LogP contribution in [0.2, 0.25) is 5.02 Å². The minimum absolute atomic E-state index is 0.0508. The number of rotatable bonds is 7. The van der Waals surface area contributed by atoms with Crippen LogP contribution in [0.3, 0.4) is 0 Å². The third-order valence-electron chi connectivity index (χ3n) is 2.98. The van der Waals surface area contributed by atoms with E-state index in [1.165, 1.54) is 0 Å². The molecule has 0 aliphatic heterocycles. The molecular weight excluding hydrogens is 312 g/mol. The average molecular weight is 329 g/mol. The monoisotopic (exact) mass is 328 g/mol. The highest BCUT2D eigenvalue weighted by Gasteiger charge is 2.18. The number of hydrogen-bond donors (Lipinski definition) is 0. The summed E-state index contributed by atoms with van der Waals surface area (Å²) in [6.45, 7) is 2.69. The molecule has 0 saturated heterocycles. The van der Waals surface area contributed by atoms with Gasteiger partial charge < -0.3 is 0 Å². The number of halogens is 1. The van der Waals surface area contributed by atoms with Crippen LogP contribution in [0, 0.1) is 0 Å². The maximum Gasteiger partial charge on any atom is 0.166 e. The van der Waals surface area contributed by atoms with Crippen LogP contribution in [0.15, 0.2) is 24.3 Å². The molecule has 0 aliphatic rings. The maximum absolute atomic E-state index is 12.2. The van der Waals surface area contributed by atoms with Crippen molar-refractivity contribution in [3.63, 3.8) is 0 Å². The highest BCUT2D eigenvalue weighted by molar-refractivity contribution is 7.89. The van der Waals surface area contributed by atoms with Crippen molar-refractivity contribution in [2.24, 2.45) is 0 Å². The first-order valence-corrected chi connectivity index (χ1v) is 8.90.